The van der Waals surface area contributed by atoms with E-state index in [9.17, 15) is 0 Å². The number of hydrogen-bond acceptors (Lipinski definition) is 3. The van der Waals surface area contributed by atoms with Gasteiger partial charge >= 0.3 is 0 Å². The van der Waals surface area contributed by atoms with E-state index in [0.717, 1.165) is 21.9 Å². The fourth-order valence-corrected chi connectivity index (χ4v) is 1.41. The summed E-state index contributed by atoms with van der Waals surface area (Å²) in [4.78, 5) is 4.23. The second-order valence-electron chi connectivity index (χ2n) is 2.88. The van der Waals surface area contributed by atoms with Crippen LogP contribution in [0.5, 0.6) is 0 Å². The van der Waals surface area contributed by atoms with E-state index in [1.54, 1.807) is 6.20 Å². The van der Waals surface area contributed by atoms with Gasteiger partial charge in [-0.15, -0.1) is 5.10 Å². The Labute approximate surface area is 73.6 Å². The number of benzene rings is 1. The predicted molar refractivity (Wildman–Crippen MR) is 49.2 cm³/mol. The molecular formula is C9H6N4. The van der Waals surface area contributed by atoms with Crippen LogP contribution in [-0.4, -0.2) is 20.4 Å². The average molecular weight is 170 g/mol. The average Bonchev–Trinajstić information content (AvgIpc) is 2.61. The van der Waals surface area contributed by atoms with Crippen molar-refractivity contribution in [2.24, 2.45) is 0 Å². The van der Waals surface area contributed by atoms with Gasteiger partial charge in [-0.05, 0) is 18.2 Å². The zero-order valence-electron chi connectivity index (χ0n) is 6.73. The van der Waals surface area contributed by atoms with Crippen LogP contribution in [0.15, 0.2) is 30.5 Å². The number of pyridine rings is 1. The molecule has 4 nitrogen and oxygen atoms in total. The molecule has 0 amide bonds. The Kier molecular flexibility index (Phi) is 1.14. The standard InChI is InChI=1S/C9H6N4/c1-2-6-4-8-9(12-13-11-8)5-7(6)10-3-1/h1-5H,(H,11,12,13). The number of aromatic amines is 1. The summed E-state index contributed by atoms with van der Waals surface area (Å²) in [5.74, 6) is 0. The molecule has 0 fully saturated rings. The molecule has 0 aliphatic carbocycles. The van der Waals surface area contributed by atoms with Crippen LogP contribution in [0.1, 0.15) is 0 Å². The van der Waals surface area contributed by atoms with Crippen LogP contribution in [0.4, 0.5) is 0 Å². The molecule has 3 rings (SSSR count). The van der Waals surface area contributed by atoms with Crippen LogP contribution in [0.2, 0.25) is 0 Å². The number of nitrogens with zero attached hydrogens (tertiary/aromatic N) is 3. The molecular weight excluding hydrogens is 164 g/mol. The van der Waals surface area contributed by atoms with Gasteiger partial charge in [0.25, 0.3) is 0 Å². The van der Waals surface area contributed by atoms with E-state index in [0.29, 0.717) is 0 Å². The Bertz CT molecular complexity index is 520. The lowest BCUT2D eigenvalue weighted by Crippen LogP contribution is -1.77. The molecule has 2 heterocycles. The monoisotopic (exact) mass is 170 g/mol. The number of aromatic nitrogens is 4. The van der Waals surface area contributed by atoms with E-state index in [1.165, 1.54) is 0 Å². The highest BCUT2D eigenvalue weighted by molar-refractivity contribution is 5.92. The number of rotatable bonds is 0. The minimum absolute atomic E-state index is 0.853. The van der Waals surface area contributed by atoms with E-state index >= 15 is 0 Å². The summed E-state index contributed by atoms with van der Waals surface area (Å²) in [6.45, 7) is 0. The minimum atomic E-state index is 0.853. The van der Waals surface area contributed by atoms with Crippen molar-refractivity contribution >= 4 is 21.9 Å². The first-order chi connectivity index (χ1) is 6.43. The summed E-state index contributed by atoms with van der Waals surface area (Å²) in [7, 11) is 0. The third kappa shape index (κ3) is 0.885. The Hall–Kier alpha value is -1.97. The third-order valence-electron chi connectivity index (χ3n) is 2.05. The highest BCUT2D eigenvalue weighted by Gasteiger charge is 1.99. The topological polar surface area (TPSA) is 54.5 Å². The first-order valence-electron chi connectivity index (χ1n) is 3.99. The highest BCUT2D eigenvalue weighted by atomic mass is 15.3. The number of fused-ring (bicyclic) bond motifs is 2. The predicted octanol–water partition coefficient (Wildman–Crippen LogP) is 1.51. The quantitative estimate of drug-likeness (QED) is 0.556. The van der Waals surface area contributed by atoms with Crippen molar-refractivity contribution in [1.29, 1.82) is 0 Å². The van der Waals surface area contributed by atoms with Gasteiger partial charge in [0, 0.05) is 11.6 Å². The van der Waals surface area contributed by atoms with Crippen LogP contribution in [0.25, 0.3) is 21.9 Å². The second-order valence-corrected chi connectivity index (χ2v) is 2.88. The fourth-order valence-electron chi connectivity index (χ4n) is 1.41. The van der Waals surface area contributed by atoms with Gasteiger partial charge in [0.1, 0.15) is 5.52 Å². The number of hydrogen-bond donors (Lipinski definition) is 1. The minimum Gasteiger partial charge on any atom is -0.258 e. The molecule has 4 heteroatoms. The van der Waals surface area contributed by atoms with E-state index in [4.69, 9.17) is 0 Å². The molecule has 2 aromatic heterocycles. The largest absolute Gasteiger partial charge is 0.258 e. The van der Waals surface area contributed by atoms with Crippen molar-refractivity contribution in [3.05, 3.63) is 30.5 Å². The van der Waals surface area contributed by atoms with Gasteiger partial charge < -0.3 is 0 Å². The van der Waals surface area contributed by atoms with Crippen LogP contribution in [-0.2, 0) is 0 Å². The molecule has 0 spiro atoms. The van der Waals surface area contributed by atoms with Gasteiger partial charge in [-0.1, -0.05) is 11.3 Å². The van der Waals surface area contributed by atoms with Crippen molar-refractivity contribution in [1.82, 2.24) is 20.4 Å². The van der Waals surface area contributed by atoms with Gasteiger partial charge in [-0.2, -0.15) is 0 Å². The zero-order chi connectivity index (χ0) is 8.67. The maximum Gasteiger partial charge on any atom is 0.115 e. The molecule has 0 saturated heterocycles. The lowest BCUT2D eigenvalue weighted by molar-refractivity contribution is 0.959. The Morgan fingerprint density at radius 1 is 1.15 bits per heavy atom. The van der Waals surface area contributed by atoms with Crippen LogP contribution in [0, 0.1) is 0 Å². The molecule has 0 atom stereocenters. The first kappa shape index (κ1) is 6.54. The third-order valence-corrected chi connectivity index (χ3v) is 2.05. The molecule has 1 aromatic carbocycles. The number of H-pyrrole nitrogens is 1. The van der Waals surface area contributed by atoms with Gasteiger partial charge in [-0.3, -0.25) is 10.1 Å². The van der Waals surface area contributed by atoms with Crippen LogP contribution >= 0.6 is 0 Å². The maximum atomic E-state index is 4.23. The van der Waals surface area contributed by atoms with Crippen molar-refractivity contribution in [3.63, 3.8) is 0 Å². The fraction of sp³-hybridized carbons (Fsp3) is 0. The van der Waals surface area contributed by atoms with Gasteiger partial charge in [0.2, 0.25) is 0 Å². The molecule has 1 N–H and O–H groups in total. The molecule has 3 aromatic rings. The summed E-state index contributed by atoms with van der Waals surface area (Å²) in [5, 5.41) is 11.6. The van der Waals surface area contributed by atoms with E-state index in [2.05, 4.69) is 20.4 Å². The molecule has 0 radical (unpaired) electrons. The Morgan fingerprint density at radius 2 is 2.15 bits per heavy atom. The van der Waals surface area contributed by atoms with Crippen molar-refractivity contribution in [2.45, 2.75) is 0 Å². The zero-order valence-corrected chi connectivity index (χ0v) is 6.73. The van der Waals surface area contributed by atoms with Gasteiger partial charge in [0.05, 0.1) is 11.0 Å². The summed E-state index contributed by atoms with van der Waals surface area (Å²) < 4.78 is 0. The van der Waals surface area contributed by atoms with Crippen LogP contribution in [0.3, 0.4) is 0 Å². The normalized spacial score (nSPS) is 11.1. The van der Waals surface area contributed by atoms with Gasteiger partial charge in [0.15, 0.2) is 0 Å². The molecule has 0 saturated carbocycles. The smallest absolute Gasteiger partial charge is 0.115 e. The highest BCUT2D eigenvalue weighted by Crippen LogP contribution is 2.16. The van der Waals surface area contributed by atoms with Crippen molar-refractivity contribution in [2.75, 3.05) is 0 Å². The summed E-state index contributed by atoms with van der Waals surface area (Å²) in [5.41, 5.74) is 2.75. The van der Waals surface area contributed by atoms with Gasteiger partial charge in [-0.25, -0.2) is 0 Å². The summed E-state index contributed by atoms with van der Waals surface area (Å²) in [6, 6.07) is 7.85. The van der Waals surface area contributed by atoms with Crippen LogP contribution < -0.4 is 0 Å². The summed E-state index contributed by atoms with van der Waals surface area (Å²) >= 11 is 0. The van der Waals surface area contributed by atoms with E-state index in [1.807, 2.05) is 24.3 Å². The Balaban J connectivity index is 2.57. The maximum absolute atomic E-state index is 4.23. The first-order valence-corrected chi connectivity index (χ1v) is 3.99. The molecule has 0 bridgehead atoms. The SMILES string of the molecule is c1cnc2cc3nn[nH]c3cc2c1. The molecule has 0 unspecified atom stereocenters. The lowest BCUT2D eigenvalue weighted by atomic mass is 10.2. The van der Waals surface area contributed by atoms with E-state index < -0.39 is 0 Å². The molecule has 0 aliphatic heterocycles. The van der Waals surface area contributed by atoms with Crippen molar-refractivity contribution < 1.29 is 0 Å². The lowest BCUT2D eigenvalue weighted by Gasteiger charge is -1.94. The second kappa shape index (κ2) is 2.26. The molecule has 0 aliphatic rings. The summed E-state index contributed by atoms with van der Waals surface area (Å²) in [6.07, 6.45) is 1.77. The molecule has 62 valence electrons. The van der Waals surface area contributed by atoms with E-state index in [-0.39, 0.29) is 0 Å². The van der Waals surface area contributed by atoms with Crippen molar-refractivity contribution in [3.8, 4) is 0 Å². The molecule has 13 heavy (non-hydrogen) atoms. The number of nitrogens with one attached hydrogen (secondary N) is 1. The Morgan fingerprint density at radius 3 is 3.15 bits per heavy atom.